The summed E-state index contributed by atoms with van der Waals surface area (Å²) >= 11 is 6.82. The molecule has 0 saturated heterocycles. The molecule has 4 rings (SSSR count). The van der Waals surface area contributed by atoms with Gasteiger partial charge in [-0.3, -0.25) is 9.59 Å². The van der Waals surface area contributed by atoms with E-state index in [1.807, 2.05) is 33.4 Å². The lowest BCUT2D eigenvalue weighted by Crippen LogP contribution is -2.34. The number of carbonyl (C=O) groups is 2. The van der Waals surface area contributed by atoms with Crippen LogP contribution in [0.4, 0.5) is 0 Å². The number of fused-ring (bicyclic) bond motifs is 1. The molecule has 2 aromatic rings. The summed E-state index contributed by atoms with van der Waals surface area (Å²) in [6.07, 6.45) is 8.85. The second kappa shape index (κ2) is 12.9. The van der Waals surface area contributed by atoms with E-state index in [0.29, 0.717) is 36.1 Å². The summed E-state index contributed by atoms with van der Waals surface area (Å²) in [5.41, 5.74) is 2.86. The predicted octanol–water partition coefficient (Wildman–Crippen LogP) is 8.81. The van der Waals surface area contributed by atoms with Crippen LogP contribution < -0.4 is 0 Å². The van der Waals surface area contributed by atoms with E-state index < -0.39 is 0 Å². The Balaban J connectivity index is 1.83. The zero-order valence-electron chi connectivity index (χ0n) is 22.5. The number of unbranched alkanes of at least 4 members (excludes halogenated alkanes) is 2. The standard InChI is InChI=1S/C30H39BrN2O2S2/c1-5-9-12-20(7-3)18-32-27(22-14-11-17-36-22)25-26(30(32)35)28(23-15-16-24(31)37-23)33(29(25)34)19-21(8-4)13-10-6-2/h11,14-17,20-21H,5-10,12-13,18-19H2,1-4H3. The molecule has 7 heteroatoms. The summed E-state index contributed by atoms with van der Waals surface area (Å²) in [5, 5.41) is 2.04. The van der Waals surface area contributed by atoms with Gasteiger partial charge in [0.05, 0.1) is 36.1 Å². The van der Waals surface area contributed by atoms with Crippen molar-refractivity contribution in [3.05, 3.63) is 54.3 Å². The Morgan fingerprint density at radius 2 is 1.32 bits per heavy atom. The maximum absolute atomic E-state index is 14.3. The zero-order chi connectivity index (χ0) is 26.5. The van der Waals surface area contributed by atoms with Crippen LogP contribution in [0.2, 0.25) is 0 Å². The molecule has 0 fully saturated rings. The fourth-order valence-corrected chi connectivity index (χ4v) is 7.69. The van der Waals surface area contributed by atoms with Gasteiger partial charge in [0.2, 0.25) is 0 Å². The van der Waals surface area contributed by atoms with Crippen LogP contribution in [0, 0.1) is 11.8 Å². The van der Waals surface area contributed by atoms with E-state index in [2.05, 4.69) is 49.7 Å². The number of hydrogen-bond acceptors (Lipinski definition) is 4. The minimum Gasteiger partial charge on any atom is -0.306 e. The summed E-state index contributed by atoms with van der Waals surface area (Å²) < 4.78 is 1.00. The van der Waals surface area contributed by atoms with Gasteiger partial charge < -0.3 is 9.80 Å². The Kier molecular flexibility index (Phi) is 9.87. The van der Waals surface area contributed by atoms with Crippen molar-refractivity contribution in [3.8, 4) is 0 Å². The highest BCUT2D eigenvalue weighted by molar-refractivity contribution is 9.11. The van der Waals surface area contributed by atoms with Crippen molar-refractivity contribution in [1.29, 1.82) is 0 Å². The summed E-state index contributed by atoms with van der Waals surface area (Å²) in [6, 6.07) is 8.13. The third-order valence-electron chi connectivity index (χ3n) is 7.71. The molecule has 0 bridgehead atoms. The van der Waals surface area contributed by atoms with E-state index in [1.165, 1.54) is 0 Å². The van der Waals surface area contributed by atoms with Crippen molar-refractivity contribution in [1.82, 2.24) is 9.80 Å². The van der Waals surface area contributed by atoms with Crippen LogP contribution in [0.25, 0.3) is 11.4 Å². The molecule has 2 aromatic heterocycles. The largest absolute Gasteiger partial charge is 0.306 e. The fraction of sp³-hybridized carbons (Fsp3) is 0.533. The monoisotopic (exact) mass is 602 g/mol. The Morgan fingerprint density at radius 1 is 0.784 bits per heavy atom. The van der Waals surface area contributed by atoms with Gasteiger partial charge in [-0.25, -0.2) is 0 Å². The first-order valence-electron chi connectivity index (χ1n) is 13.9. The maximum atomic E-state index is 14.3. The van der Waals surface area contributed by atoms with Gasteiger partial charge in [0.25, 0.3) is 11.8 Å². The Morgan fingerprint density at radius 3 is 1.73 bits per heavy atom. The summed E-state index contributed by atoms with van der Waals surface area (Å²) in [5.74, 6) is 0.816. The zero-order valence-corrected chi connectivity index (χ0v) is 25.7. The topological polar surface area (TPSA) is 40.6 Å². The normalized spacial score (nSPS) is 17.4. The molecule has 2 unspecified atom stereocenters. The molecule has 4 heterocycles. The lowest BCUT2D eigenvalue weighted by atomic mass is 9.98. The predicted molar refractivity (Wildman–Crippen MR) is 160 cm³/mol. The molecule has 200 valence electrons. The number of amides is 2. The smallest absolute Gasteiger partial charge is 0.261 e. The molecule has 2 amide bonds. The molecule has 0 spiro atoms. The van der Waals surface area contributed by atoms with Crippen LogP contribution in [0.1, 0.15) is 88.8 Å². The second-order valence-corrected chi connectivity index (χ2v) is 13.6. The van der Waals surface area contributed by atoms with Crippen molar-refractivity contribution >= 4 is 61.8 Å². The van der Waals surface area contributed by atoms with Crippen LogP contribution in [0.5, 0.6) is 0 Å². The van der Waals surface area contributed by atoms with Crippen LogP contribution >= 0.6 is 38.6 Å². The Hall–Kier alpha value is -1.70. The van der Waals surface area contributed by atoms with Gasteiger partial charge in [0.15, 0.2) is 0 Å². The molecule has 0 aliphatic carbocycles. The van der Waals surface area contributed by atoms with Gasteiger partial charge in [-0.2, -0.15) is 0 Å². The van der Waals surface area contributed by atoms with E-state index in [0.717, 1.165) is 76.3 Å². The molecule has 2 atom stereocenters. The molecule has 2 aliphatic heterocycles. The fourth-order valence-electron chi connectivity index (χ4n) is 5.46. The first-order valence-corrected chi connectivity index (χ1v) is 16.4. The van der Waals surface area contributed by atoms with Crippen molar-refractivity contribution in [3.63, 3.8) is 0 Å². The summed E-state index contributed by atoms with van der Waals surface area (Å²) in [7, 11) is 0. The lowest BCUT2D eigenvalue weighted by Gasteiger charge is -2.29. The Bertz CT molecular complexity index is 1160. The van der Waals surface area contributed by atoms with Gasteiger partial charge in [-0.1, -0.05) is 72.3 Å². The van der Waals surface area contributed by atoms with E-state index in [9.17, 15) is 9.59 Å². The SMILES string of the molecule is CCCCC(CC)CN1C(=O)C2=C(c3ccc(Br)s3)N(CC(CC)CCCC)C(=O)C2=C1c1cccs1. The average Bonchev–Trinajstić information content (AvgIpc) is 3.67. The van der Waals surface area contributed by atoms with E-state index in [1.54, 1.807) is 22.7 Å². The molecule has 0 saturated carbocycles. The highest BCUT2D eigenvalue weighted by atomic mass is 79.9. The number of halogens is 1. The highest BCUT2D eigenvalue weighted by Gasteiger charge is 2.49. The van der Waals surface area contributed by atoms with Crippen LogP contribution in [-0.4, -0.2) is 34.7 Å². The van der Waals surface area contributed by atoms with Crippen molar-refractivity contribution in [2.45, 2.75) is 79.1 Å². The molecular formula is C30H39BrN2O2S2. The van der Waals surface area contributed by atoms with Gasteiger partial charge in [0.1, 0.15) is 0 Å². The quantitative estimate of drug-likeness (QED) is 0.217. The van der Waals surface area contributed by atoms with E-state index in [4.69, 9.17) is 0 Å². The summed E-state index contributed by atoms with van der Waals surface area (Å²) in [6.45, 7) is 10.2. The van der Waals surface area contributed by atoms with Gasteiger partial charge >= 0.3 is 0 Å². The minimum absolute atomic E-state index is 0.00896. The van der Waals surface area contributed by atoms with Crippen LogP contribution in [0.3, 0.4) is 0 Å². The number of nitrogens with zero attached hydrogens (tertiary/aromatic N) is 2. The molecule has 0 radical (unpaired) electrons. The van der Waals surface area contributed by atoms with Gasteiger partial charge in [-0.15, -0.1) is 22.7 Å². The molecule has 37 heavy (non-hydrogen) atoms. The van der Waals surface area contributed by atoms with E-state index in [-0.39, 0.29) is 11.8 Å². The lowest BCUT2D eigenvalue weighted by molar-refractivity contribution is -0.124. The molecular weight excluding hydrogens is 564 g/mol. The van der Waals surface area contributed by atoms with Crippen molar-refractivity contribution < 1.29 is 9.59 Å². The molecule has 4 nitrogen and oxygen atoms in total. The summed E-state index contributed by atoms with van der Waals surface area (Å²) in [4.78, 5) is 34.4. The van der Waals surface area contributed by atoms with E-state index >= 15 is 0 Å². The average molecular weight is 604 g/mol. The number of rotatable bonds is 14. The third kappa shape index (κ3) is 5.84. The molecule has 0 aromatic carbocycles. The number of thiophene rings is 2. The Labute approximate surface area is 238 Å². The van der Waals surface area contributed by atoms with Gasteiger partial charge in [-0.05, 0) is 64.2 Å². The van der Waals surface area contributed by atoms with Crippen molar-refractivity contribution in [2.75, 3.05) is 13.1 Å². The van der Waals surface area contributed by atoms with Crippen LogP contribution in [-0.2, 0) is 9.59 Å². The number of hydrogen-bond donors (Lipinski definition) is 0. The first-order chi connectivity index (χ1) is 17.9. The molecule has 2 aliphatic rings. The third-order valence-corrected chi connectivity index (χ3v) is 10.2. The van der Waals surface area contributed by atoms with Gasteiger partial charge in [0, 0.05) is 13.1 Å². The number of carbonyl (C=O) groups excluding carboxylic acids is 2. The van der Waals surface area contributed by atoms with Crippen LogP contribution in [0.15, 0.2) is 44.6 Å². The highest BCUT2D eigenvalue weighted by Crippen LogP contribution is 2.49. The van der Waals surface area contributed by atoms with Crippen molar-refractivity contribution in [2.24, 2.45) is 11.8 Å². The minimum atomic E-state index is -0.00896. The first kappa shape index (κ1) is 28.3. The molecule has 0 N–H and O–H groups in total. The second-order valence-electron chi connectivity index (χ2n) is 10.2. The maximum Gasteiger partial charge on any atom is 0.261 e.